The lowest BCUT2D eigenvalue weighted by Crippen LogP contribution is -2.12. The summed E-state index contributed by atoms with van der Waals surface area (Å²) < 4.78 is 13.2. The Kier molecular flexibility index (Phi) is 2.93. The van der Waals surface area contributed by atoms with E-state index in [2.05, 4.69) is 0 Å². The van der Waals surface area contributed by atoms with Crippen molar-refractivity contribution in [3.05, 3.63) is 28.5 Å². The molecule has 6 heteroatoms. The van der Waals surface area contributed by atoms with Gasteiger partial charge in [-0.25, -0.2) is 9.18 Å². The van der Waals surface area contributed by atoms with E-state index in [-0.39, 0.29) is 5.02 Å². The van der Waals surface area contributed by atoms with Gasteiger partial charge in [-0.3, -0.25) is 0 Å². The predicted octanol–water partition coefficient (Wildman–Crippen LogP) is 1.30. The van der Waals surface area contributed by atoms with Crippen LogP contribution in [0.3, 0.4) is 0 Å². The third-order valence-electron chi connectivity index (χ3n) is 1.62. The number of halogens is 2. The summed E-state index contributed by atoms with van der Waals surface area (Å²) in [6.07, 6.45) is -2.13. The Balaban J connectivity index is 3.32. The summed E-state index contributed by atoms with van der Waals surface area (Å²) in [5.41, 5.74) is -0.731. The van der Waals surface area contributed by atoms with E-state index >= 15 is 0 Å². The van der Waals surface area contributed by atoms with Crippen molar-refractivity contribution in [3.8, 4) is 5.75 Å². The molecular formula is C8H6ClFO4. The lowest BCUT2D eigenvalue weighted by atomic mass is 10.1. The Bertz CT molecular complexity index is 380. The molecule has 0 aliphatic carbocycles. The number of phenolic OH excluding ortho intramolecular Hbond substituents is 1. The first-order chi connectivity index (χ1) is 6.45. The van der Waals surface area contributed by atoms with Crippen molar-refractivity contribution in [3.63, 3.8) is 0 Å². The molecule has 1 atom stereocenters. The standard InChI is InChI=1S/C8H6ClFO4/c9-3-1-2-4(11)5(6(3)10)7(12)8(13)14/h1-2,7,11-12H,(H,13,14). The fourth-order valence-corrected chi connectivity index (χ4v) is 1.10. The van der Waals surface area contributed by atoms with Gasteiger partial charge in [0.15, 0.2) is 11.9 Å². The fourth-order valence-electron chi connectivity index (χ4n) is 0.940. The number of rotatable bonds is 2. The van der Waals surface area contributed by atoms with Crippen LogP contribution in [0.25, 0.3) is 0 Å². The Morgan fingerprint density at radius 1 is 1.50 bits per heavy atom. The molecule has 76 valence electrons. The largest absolute Gasteiger partial charge is 0.507 e. The molecule has 0 spiro atoms. The summed E-state index contributed by atoms with van der Waals surface area (Å²) in [5, 5.41) is 26.2. The van der Waals surface area contributed by atoms with Crippen LogP contribution in [0, 0.1) is 5.82 Å². The number of aliphatic carboxylic acids is 1. The van der Waals surface area contributed by atoms with Crippen LogP contribution in [-0.2, 0) is 4.79 Å². The third-order valence-corrected chi connectivity index (χ3v) is 1.91. The van der Waals surface area contributed by atoms with Gasteiger partial charge in [-0.15, -0.1) is 0 Å². The van der Waals surface area contributed by atoms with Gasteiger partial charge in [0.2, 0.25) is 0 Å². The van der Waals surface area contributed by atoms with Crippen LogP contribution in [0.2, 0.25) is 5.02 Å². The van der Waals surface area contributed by atoms with Gasteiger partial charge in [-0.2, -0.15) is 0 Å². The zero-order valence-corrected chi connectivity index (χ0v) is 7.49. The van der Waals surface area contributed by atoms with Gasteiger partial charge in [0.1, 0.15) is 5.75 Å². The van der Waals surface area contributed by atoms with Crippen LogP contribution in [0.4, 0.5) is 4.39 Å². The highest BCUT2D eigenvalue weighted by Gasteiger charge is 2.25. The Morgan fingerprint density at radius 3 is 2.57 bits per heavy atom. The molecule has 1 unspecified atom stereocenters. The van der Waals surface area contributed by atoms with E-state index in [0.29, 0.717) is 0 Å². The minimum Gasteiger partial charge on any atom is -0.507 e. The number of aliphatic hydroxyl groups is 1. The molecule has 14 heavy (non-hydrogen) atoms. The first-order valence-corrected chi connectivity index (χ1v) is 3.90. The van der Waals surface area contributed by atoms with Crippen molar-refractivity contribution in [1.29, 1.82) is 0 Å². The molecule has 0 aromatic heterocycles. The lowest BCUT2D eigenvalue weighted by Gasteiger charge is -2.09. The molecule has 4 nitrogen and oxygen atoms in total. The lowest BCUT2D eigenvalue weighted by molar-refractivity contribution is -0.147. The maximum atomic E-state index is 13.2. The van der Waals surface area contributed by atoms with Crippen LogP contribution < -0.4 is 0 Å². The topological polar surface area (TPSA) is 77.8 Å². The number of carbonyl (C=O) groups is 1. The number of benzene rings is 1. The summed E-state index contributed by atoms with van der Waals surface area (Å²) in [7, 11) is 0. The first kappa shape index (κ1) is 10.7. The van der Waals surface area contributed by atoms with Crippen LogP contribution in [-0.4, -0.2) is 21.3 Å². The van der Waals surface area contributed by atoms with Gasteiger partial charge in [0, 0.05) is 0 Å². The second-order valence-electron chi connectivity index (χ2n) is 2.53. The Hall–Kier alpha value is -1.33. The van der Waals surface area contributed by atoms with E-state index in [0.717, 1.165) is 12.1 Å². The molecule has 1 aromatic rings. The van der Waals surface area contributed by atoms with Crippen LogP contribution >= 0.6 is 11.6 Å². The molecule has 0 saturated carbocycles. The SMILES string of the molecule is O=C(O)C(O)c1c(O)ccc(Cl)c1F. The highest BCUT2D eigenvalue weighted by molar-refractivity contribution is 6.30. The summed E-state index contributed by atoms with van der Waals surface area (Å²) in [4.78, 5) is 10.3. The highest BCUT2D eigenvalue weighted by Crippen LogP contribution is 2.31. The molecule has 0 fully saturated rings. The molecule has 0 saturated heterocycles. The number of hydrogen-bond acceptors (Lipinski definition) is 3. The molecule has 0 amide bonds. The number of carboxylic acid groups (broad SMARTS) is 1. The van der Waals surface area contributed by atoms with E-state index in [1.807, 2.05) is 0 Å². The number of aliphatic hydroxyl groups excluding tert-OH is 1. The maximum Gasteiger partial charge on any atom is 0.337 e. The minimum absolute atomic E-state index is 0.363. The molecular weight excluding hydrogens is 215 g/mol. The van der Waals surface area contributed by atoms with Crippen LogP contribution in [0.15, 0.2) is 12.1 Å². The van der Waals surface area contributed by atoms with Crippen molar-refractivity contribution < 1.29 is 24.5 Å². The van der Waals surface area contributed by atoms with Gasteiger partial charge in [-0.05, 0) is 12.1 Å². The summed E-state index contributed by atoms with van der Waals surface area (Å²) in [6, 6.07) is 2.07. The molecule has 0 heterocycles. The number of aromatic hydroxyl groups is 1. The zero-order valence-electron chi connectivity index (χ0n) is 6.74. The van der Waals surface area contributed by atoms with Gasteiger partial charge >= 0.3 is 5.97 Å². The minimum atomic E-state index is -2.13. The normalized spacial score (nSPS) is 12.5. The average Bonchev–Trinajstić information content (AvgIpc) is 2.12. The number of carboxylic acids is 1. The van der Waals surface area contributed by atoms with Gasteiger partial charge in [-0.1, -0.05) is 11.6 Å². The van der Waals surface area contributed by atoms with E-state index in [1.54, 1.807) is 0 Å². The van der Waals surface area contributed by atoms with E-state index < -0.39 is 29.2 Å². The fraction of sp³-hybridized carbons (Fsp3) is 0.125. The van der Waals surface area contributed by atoms with Crippen molar-refractivity contribution in [2.45, 2.75) is 6.10 Å². The molecule has 1 rings (SSSR count). The summed E-state index contributed by atoms with van der Waals surface area (Å²) in [5.74, 6) is -3.45. The quantitative estimate of drug-likeness (QED) is 0.702. The molecule has 1 aromatic carbocycles. The van der Waals surface area contributed by atoms with Crippen molar-refractivity contribution in [2.24, 2.45) is 0 Å². The number of phenols is 1. The molecule has 0 aliphatic rings. The van der Waals surface area contributed by atoms with Crippen LogP contribution in [0.5, 0.6) is 5.75 Å². The predicted molar refractivity (Wildman–Crippen MR) is 45.7 cm³/mol. The number of hydrogen-bond donors (Lipinski definition) is 3. The van der Waals surface area contributed by atoms with E-state index in [4.69, 9.17) is 26.9 Å². The first-order valence-electron chi connectivity index (χ1n) is 3.53. The van der Waals surface area contributed by atoms with Gasteiger partial charge in [0.25, 0.3) is 0 Å². The van der Waals surface area contributed by atoms with E-state index in [1.165, 1.54) is 0 Å². The summed E-state index contributed by atoms with van der Waals surface area (Å²) in [6.45, 7) is 0. The van der Waals surface area contributed by atoms with Gasteiger partial charge < -0.3 is 15.3 Å². The van der Waals surface area contributed by atoms with Crippen molar-refractivity contribution in [2.75, 3.05) is 0 Å². The van der Waals surface area contributed by atoms with Crippen LogP contribution in [0.1, 0.15) is 11.7 Å². The maximum absolute atomic E-state index is 13.2. The second-order valence-corrected chi connectivity index (χ2v) is 2.94. The summed E-state index contributed by atoms with van der Waals surface area (Å²) >= 11 is 5.34. The molecule has 0 aliphatic heterocycles. The average molecular weight is 221 g/mol. The van der Waals surface area contributed by atoms with Gasteiger partial charge in [0.05, 0.1) is 10.6 Å². The monoisotopic (exact) mass is 220 g/mol. The molecule has 0 radical (unpaired) electrons. The third kappa shape index (κ3) is 1.78. The molecule has 0 bridgehead atoms. The van der Waals surface area contributed by atoms with Crippen molar-refractivity contribution in [1.82, 2.24) is 0 Å². The Morgan fingerprint density at radius 2 is 2.07 bits per heavy atom. The Labute approximate surface area is 83.2 Å². The van der Waals surface area contributed by atoms with Crippen molar-refractivity contribution >= 4 is 17.6 Å². The second kappa shape index (κ2) is 3.81. The molecule has 3 N–H and O–H groups in total. The highest BCUT2D eigenvalue weighted by atomic mass is 35.5. The van der Waals surface area contributed by atoms with E-state index in [9.17, 15) is 9.18 Å². The smallest absolute Gasteiger partial charge is 0.337 e. The zero-order chi connectivity index (χ0) is 10.9.